The average Bonchev–Trinajstić information content (AvgIpc) is 2.75. The first-order chi connectivity index (χ1) is 14.7. The second-order valence-corrected chi connectivity index (χ2v) is 6.39. The van der Waals surface area contributed by atoms with Crippen molar-refractivity contribution in [3.05, 3.63) is 83.9 Å². The standard InChI is InChI=1S/C23H20F4O4/c1-3-29-19-10-6-17(7-11-19)23(26,27)31-21-14-12-20(13-15-21)30-22(24,25)16-4-8-18(28-2)9-5-16/h4-15H,3H2,1-2H3. The van der Waals surface area contributed by atoms with Crippen LogP contribution in [0.15, 0.2) is 72.8 Å². The van der Waals surface area contributed by atoms with Crippen LogP contribution in [0.1, 0.15) is 18.1 Å². The summed E-state index contributed by atoms with van der Waals surface area (Å²) < 4.78 is 77.1. The predicted octanol–water partition coefficient (Wildman–Crippen LogP) is 6.35. The van der Waals surface area contributed by atoms with E-state index in [1.807, 2.05) is 0 Å². The number of ether oxygens (including phenoxy) is 4. The summed E-state index contributed by atoms with van der Waals surface area (Å²) in [7, 11) is 1.42. The van der Waals surface area contributed by atoms with Crippen molar-refractivity contribution in [2.45, 2.75) is 19.1 Å². The first-order valence-electron chi connectivity index (χ1n) is 9.35. The first-order valence-corrected chi connectivity index (χ1v) is 9.35. The molecule has 0 amide bonds. The largest absolute Gasteiger partial charge is 0.497 e. The molecule has 0 N–H and O–H groups in total. The molecule has 0 radical (unpaired) electrons. The van der Waals surface area contributed by atoms with Gasteiger partial charge in [-0.3, -0.25) is 0 Å². The first kappa shape index (κ1) is 22.3. The lowest BCUT2D eigenvalue weighted by molar-refractivity contribution is -0.188. The van der Waals surface area contributed by atoms with E-state index in [9.17, 15) is 17.6 Å². The van der Waals surface area contributed by atoms with Gasteiger partial charge in [0.2, 0.25) is 0 Å². The van der Waals surface area contributed by atoms with Gasteiger partial charge in [0, 0.05) is 0 Å². The predicted molar refractivity (Wildman–Crippen MR) is 106 cm³/mol. The molecule has 4 nitrogen and oxygen atoms in total. The molecule has 0 aliphatic heterocycles. The Hall–Kier alpha value is -3.42. The maximum atomic E-state index is 14.4. The molecular formula is C23H20F4O4. The van der Waals surface area contributed by atoms with Crippen LogP contribution >= 0.6 is 0 Å². The molecule has 0 aliphatic carbocycles. The molecule has 0 heterocycles. The van der Waals surface area contributed by atoms with Crippen LogP contribution in [0.25, 0.3) is 0 Å². The third-order valence-electron chi connectivity index (χ3n) is 4.24. The van der Waals surface area contributed by atoms with Gasteiger partial charge in [-0.05, 0) is 79.7 Å². The lowest BCUT2D eigenvalue weighted by Gasteiger charge is -2.20. The van der Waals surface area contributed by atoms with Crippen LogP contribution in [0, 0.1) is 0 Å². The molecule has 31 heavy (non-hydrogen) atoms. The molecule has 0 unspecified atom stereocenters. The lowest BCUT2D eigenvalue weighted by Crippen LogP contribution is -2.22. The van der Waals surface area contributed by atoms with Gasteiger partial charge in [-0.15, -0.1) is 0 Å². The minimum atomic E-state index is -3.62. The fourth-order valence-corrected chi connectivity index (χ4v) is 2.69. The molecule has 0 aromatic heterocycles. The molecule has 3 aromatic rings. The zero-order valence-electron chi connectivity index (χ0n) is 16.8. The third-order valence-corrected chi connectivity index (χ3v) is 4.24. The molecule has 0 aliphatic rings. The summed E-state index contributed by atoms with van der Waals surface area (Å²) in [6.45, 7) is 2.20. The minimum Gasteiger partial charge on any atom is -0.497 e. The summed E-state index contributed by atoms with van der Waals surface area (Å²) >= 11 is 0. The van der Waals surface area contributed by atoms with Crippen molar-refractivity contribution >= 4 is 0 Å². The van der Waals surface area contributed by atoms with Crippen molar-refractivity contribution in [3.8, 4) is 23.0 Å². The van der Waals surface area contributed by atoms with Gasteiger partial charge >= 0.3 is 12.2 Å². The van der Waals surface area contributed by atoms with Crippen molar-refractivity contribution in [2.24, 2.45) is 0 Å². The Bertz CT molecular complexity index is 972. The van der Waals surface area contributed by atoms with Crippen LogP contribution in [-0.2, 0) is 12.2 Å². The Balaban J connectivity index is 1.67. The molecule has 0 saturated carbocycles. The number of halogens is 4. The monoisotopic (exact) mass is 436 g/mol. The molecule has 0 atom stereocenters. The summed E-state index contributed by atoms with van der Waals surface area (Å²) in [4.78, 5) is 0. The second kappa shape index (κ2) is 9.16. The second-order valence-electron chi connectivity index (χ2n) is 6.39. The maximum Gasteiger partial charge on any atom is 0.426 e. The molecule has 0 spiro atoms. The highest BCUT2D eigenvalue weighted by molar-refractivity contribution is 5.35. The highest BCUT2D eigenvalue weighted by Crippen LogP contribution is 2.35. The molecule has 3 aromatic carbocycles. The third kappa shape index (κ3) is 5.59. The van der Waals surface area contributed by atoms with Crippen molar-refractivity contribution in [2.75, 3.05) is 13.7 Å². The summed E-state index contributed by atoms with van der Waals surface area (Å²) in [6.07, 6.45) is -7.25. The molecule has 3 rings (SSSR count). The van der Waals surface area contributed by atoms with E-state index in [1.54, 1.807) is 6.92 Å². The van der Waals surface area contributed by atoms with Gasteiger partial charge < -0.3 is 18.9 Å². The summed E-state index contributed by atoms with van der Waals surface area (Å²) in [6, 6.07) is 14.8. The van der Waals surface area contributed by atoms with Crippen LogP contribution in [0.2, 0.25) is 0 Å². The van der Waals surface area contributed by atoms with Crippen molar-refractivity contribution in [3.63, 3.8) is 0 Å². The molecular weight excluding hydrogens is 416 g/mol. The molecule has 8 heteroatoms. The Labute approximate surface area is 176 Å². The molecule has 0 fully saturated rings. The summed E-state index contributed by atoms with van der Waals surface area (Å²) in [5, 5.41) is 0. The van der Waals surface area contributed by atoms with Crippen molar-refractivity contribution in [1.82, 2.24) is 0 Å². The van der Waals surface area contributed by atoms with Crippen LogP contribution in [0.3, 0.4) is 0 Å². The van der Waals surface area contributed by atoms with E-state index in [4.69, 9.17) is 18.9 Å². The van der Waals surface area contributed by atoms with E-state index in [0.717, 1.165) is 24.3 Å². The lowest BCUT2D eigenvalue weighted by atomic mass is 10.2. The average molecular weight is 436 g/mol. The van der Waals surface area contributed by atoms with Crippen LogP contribution in [-0.4, -0.2) is 13.7 Å². The quantitative estimate of drug-likeness (QED) is 0.366. The SMILES string of the molecule is CCOc1ccc(C(F)(F)Oc2ccc(OC(F)(F)c3ccc(OC)cc3)cc2)cc1. The van der Waals surface area contributed by atoms with Crippen molar-refractivity contribution in [1.29, 1.82) is 0 Å². The van der Waals surface area contributed by atoms with E-state index in [1.165, 1.54) is 55.6 Å². The van der Waals surface area contributed by atoms with Gasteiger partial charge in [-0.25, -0.2) is 0 Å². The fourth-order valence-electron chi connectivity index (χ4n) is 2.69. The molecule has 0 bridgehead atoms. The van der Waals surface area contributed by atoms with E-state index in [2.05, 4.69) is 0 Å². The van der Waals surface area contributed by atoms with Crippen molar-refractivity contribution < 1.29 is 36.5 Å². The van der Waals surface area contributed by atoms with E-state index in [-0.39, 0.29) is 22.6 Å². The number of methoxy groups -OCH3 is 1. The molecule has 0 saturated heterocycles. The van der Waals surface area contributed by atoms with E-state index in [0.29, 0.717) is 18.1 Å². The van der Waals surface area contributed by atoms with Crippen LogP contribution < -0.4 is 18.9 Å². The Morgan fingerprint density at radius 1 is 0.581 bits per heavy atom. The smallest absolute Gasteiger partial charge is 0.426 e. The normalized spacial score (nSPS) is 11.7. The topological polar surface area (TPSA) is 36.9 Å². The van der Waals surface area contributed by atoms with Gasteiger partial charge in [0.25, 0.3) is 0 Å². The summed E-state index contributed by atoms with van der Waals surface area (Å²) in [5.41, 5.74) is -0.752. The Morgan fingerprint density at radius 3 is 1.29 bits per heavy atom. The fraction of sp³-hybridized carbons (Fsp3) is 0.217. The Kier molecular flexibility index (Phi) is 6.58. The number of rotatable bonds is 9. The van der Waals surface area contributed by atoms with Gasteiger partial charge in [0.05, 0.1) is 24.8 Å². The number of benzene rings is 3. The highest BCUT2D eigenvalue weighted by Gasteiger charge is 2.36. The Morgan fingerprint density at radius 2 is 0.935 bits per heavy atom. The van der Waals surface area contributed by atoms with Gasteiger partial charge in [-0.2, -0.15) is 17.6 Å². The summed E-state index contributed by atoms with van der Waals surface area (Å²) in [5.74, 6) is 0.465. The zero-order chi connectivity index (χ0) is 22.5. The van der Waals surface area contributed by atoms with Crippen LogP contribution in [0.4, 0.5) is 17.6 Å². The number of alkyl halides is 4. The minimum absolute atomic E-state index is 0.209. The van der Waals surface area contributed by atoms with E-state index < -0.39 is 12.2 Å². The highest BCUT2D eigenvalue weighted by atomic mass is 19.3. The van der Waals surface area contributed by atoms with Gasteiger partial charge in [0.1, 0.15) is 23.0 Å². The van der Waals surface area contributed by atoms with Gasteiger partial charge in [0.15, 0.2) is 0 Å². The van der Waals surface area contributed by atoms with Crippen LogP contribution in [0.5, 0.6) is 23.0 Å². The van der Waals surface area contributed by atoms with Gasteiger partial charge in [-0.1, -0.05) is 0 Å². The van der Waals surface area contributed by atoms with E-state index >= 15 is 0 Å². The maximum absolute atomic E-state index is 14.4. The number of hydrogen-bond acceptors (Lipinski definition) is 4. The molecule has 164 valence electrons. The number of hydrogen-bond donors (Lipinski definition) is 0. The zero-order valence-corrected chi connectivity index (χ0v) is 16.8.